The lowest BCUT2D eigenvalue weighted by Crippen LogP contribution is -2.41. The van der Waals surface area contributed by atoms with Crippen LogP contribution in [0, 0.1) is 10.1 Å². The lowest BCUT2D eigenvalue weighted by molar-refractivity contribution is -0.384. The van der Waals surface area contributed by atoms with Crippen molar-refractivity contribution in [2.75, 3.05) is 12.3 Å². The first kappa shape index (κ1) is 15.3. The Kier molecular flexibility index (Phi) is 4.79. The molecule has 0 radical (unpaired) electrons. The van der Waals surface area contributed by atoms with Crippen molar-refractivity contribution in [1.82, 2.24) is 4.90 Å². The fraction of sp³-hybridized carbons (Fsp3) is 0.385. The van der Waals surface area contributed by atoms with E-state index in [-0.39, 0.29) is 17.3 Å². The average Bonchev–Trinajstić information content (AvgIpc) is 2.95. The van der Waals surface area contributed by atoms with Crippen LogP contribution >= 0.6 is 11.8 Å². The number of benzene rings is 1. The summed E-state index contributed by atoms with van der Waals surface area (Å²) in [5, 5.41) is 19.6. The molecular formula is C13H14N2O5S. The van der Waals surface area contributed by atoms with Gasteiger partial charge in [-0.1, -0.05) is 0 Å². The third-order valence-electron chi connectivity index (χ3n) is 3.27. The van der Waals surface area contributed by atoms with Crippen LogP contribution in [0.25, 0.3) is 0 Å². The molecule has 1 heterocycles. The Balaban J connectivity index is 1.91. The number of amides is 1. The standard InChI is InChI=1S/C13H14N2O5S/c16-12(14-7-1-2-11(14)13(17)18)8-21-10-5-3-9(4-6-10)15(19)20/h3-6,11H,1-2,7-8H2,(H,17,18)/t11-/m1/s1. The summed E-state index contributed by atoms with van der Waals surface area (Å²) in [5.41, 5.74) is -0.00355. The van der Waals surface area contributed by atoms with E-state index in [0.29, 0.717) is 19.4 Å². The lowest BCUT2D eigenvalue weighted by Gasteiger charge is -2.21. The van der Waals surface area contributed by atoms with Gasteiger partial charge in [0.05, 0.1) is 10.7 Å². The molecule has 21 heavy (non-hydrogen) atoms. The van der Waals surface area contributed by atoms with E-state index in [2.05, 4.69) is 0 Å². The molecule has 1 fully saturated rings. The smallest absolute Gasteiger partial charge is 0.326 e. The van der Waals surface area contributed by atoms with E-state index < -0.39 is 16.9 Å². The number of rotatable bonds is 5. The van der Waals surface area contributed by atoms with Gasteiger partial charge in [0.2, 0.25) is 5.91 Å². The summed E-state index contributed by atoms with van der Waals surface area (Å²) in [6, 6.07) is 5.18. The van der Waals surface area contributed by atoms with Crippen molar-refractivity contribution in [2.24, 2.45) is 0 Å². The monoisotopic (exact) mass is 310 g/mol. The molecule has 0 aromatic heterocycles. The molecular weight excluding hydrogens is 296 g/mol. The Morgan fingerprint density at radius 1 is 1.38 bits per heavy atom. The van der Waals surface area contributed by atoms with Crippen molar-refractivity contribution in [2.45, 2.75) is 23.8 Å². The molecule has 0 spiro atoms. The van der Waals surface area contributed by atoms with Gasteiger partial charge in [-0.25, -0.2) is 4.79 Å². The third kappa shape index (κ3) is 3.72. The summed E-state index contributed by atoms with van der Waals surface area (Å²) in [7, 11) is 0. The third-order valence-corrected chi connectivity index (χ3v) is 4.26. The molecule has 0 unspecified atom stereocenters. The van der Waals surface area contributed by atoms with Gasteiger partial charge in [-0.2, -0.15) is 0 Å². The number of nitro benzene ring substituents is 1. The number of hydrogen-bond donors (Lipinski definition) is 1. The molecule has 1 aliphatic rings. The van der Waals surface area contributed by atoms with E-state index in [1.54, 1.807) is 12.1 Å². The van der Waals surface area contributed by atoms with Crippen molar-refractivity contribution < 1.29 is 19.6 Å². The van der Waals surface area contributed by atoms with Gasteiger partial charge in [0.15, 0.2) is 0 Å². The molecule has 0 saturated carbocycles. The van der Waals surface area contributed by atoms with Gasteiger partial charge >= 0.3 is 5.97 Å². The van der Waals surface area contributed by atoms with Crippen LogP contribution in [0.2, 0.25) is 0 Å². The summed E-state index contributed by atoms with van der Waals surface area (Å²) in [6.07, 6.45) is 1.19. The van der Waals surface area contributed by atoms with E-state index >= 15 is 0 Å². The number of nitro groups is 1. The molecule has 1 aromatic carbocycles. The van der Waals surface area contributed by atoms with Gasteiger partial charge in [-0.3, -0.25) is 14.9 Å². The van der Waals surface area contributed by atoms with Gasteiger partial charge < -0.3 is 10.0 Å². The van der Waals surface area contributed by atoms with Crippen LogP contribution in [0.5, 0.6) is 0 Å². The van der Waals surface area contributed by atoms with Crippen molar-refractivity contribution >= 4 is 29.3 Å². The maximum absolute atomic E-state index is 12.0. The summed E-state index contributed by atoms with van der Waals surface area (Å²) in [5.74, 6) is -1.06. The zero-order chi connectivity index (χ0) is 15.4. The predicted octanol–water partition coefficient (Wildman–Crippen LogP) is 1.76. The normalized spacial score (nSPS) is 17.7. The topological polar surface area (TPSA) is 101 Å². The first-order valence-corrected chi connectivity index (χ1v) is 7.37. The minimum absolute atomic E-state index is 0.00355. The number of likely N-dealkylation sites (tertiary alicyclic amines) is 1. The molecule has 0 aliphatic carbocycles. The Bertz CT molecular complexity index is 560. The fourth-order valence-corrected chi connectivity index (χ4v) is 3.00. The lowest BCUT2D eigenvalue weighted by atomic mass is 10.2. The largest absolute Gasteiger partial charge is 0.480 e. The highest BCUT2D eigenvalue weighted by Gasteiger charge is 2.33. The maximum Gasteiger partial charge on any atom is 0.326 e. The molecule has 1 saturated heterocycles. The first-order chi connectivity index (χ1) is 9.99. The second-order valence-corrected chi connectivity index (χ2v) is 5.67. The maximum atomic E-state index is 12.0. The fourth-order valence-electron chi connectivity index (χ4n) is 2.21. The van der Waals surface area contributed by atoms with E-state index in [9.17, 15) is 19.7 Å². The molecule has 1 aliphatic heterocycles. The number of hydrogen-bond acceptors (Lipinski definition) is 5. The highest BCUT2D eigenvalue weighted by molar-refractivity contribution is 8.00. The van der Waals surface area contributed by atoms with Crippen molar-refractivity contribution in [3.8, 4) is 0 Å². The van der Waals surface area contributed by atoms with Crippen LogP contribution in [0.4, 0.5) is 5.69 Å². The van der Waals surface area contributed by atoms with Crippen LogP contribution in [-0.4, -0.2) is 45.1 Å². The number of carboxylic acids is 1. The van der Waals surface area contributed by atoms with Crippen LogP contribution in [0.1, 0.15) is 12.8 Å². The highest BCUT2D eigenvalue weighted by Crippen LogP contribution is 2.24. The number of non-ortho nitro benzene ring substituents is 1. The molecule has 1 amide bonds. The molecule has 1 atom stereocenters. The number of thioether (sulfide) groups is 1. The molecule has 8 heteroatoms. The molecule has 0 bridgehead atoms. The van der Waals surface area contributed by atoms with E-state index in [4.69, 9.17) is 5.11 Å². The SMILES string of the molecule is O=C(O)[C@H]1CCCN1C(=O)CSc1ccc([N+](=O)[O-])cc1. The number of carbonyl (C=O) groups excluding carboxylic acids is 1. The van der Waals surface area contributed by atoms with Gasteiger partial charge in [0.25, 0.3) is 5.69 Å². The summed E-state index contributed by atoms with van der Waals surface area (Å²) < 4.78 is 0. The quantitative estimate of drug-likeness (QED) is 0.505. The summed E-state index contributed by atoms with van der Waals surface area (Å²) in [6.45, 7) is 0.469. The first-order valence-electron chi connectivity index (χ1n) is 6.38. The molecule has 7 nitrogen and oxygen atoms in total. The van der Waals surface area contributed by atoms with Gasteiger partial charge in [0.1, 0.15) is 6.04 Å². The van der Waals surface area contributed by atoms with E-state index in [0.717, 1.165) is 4.90 Å². The second kappa shape index (κ2) is 6.57. The van der Waals surface area contributed by atoms with Gasteiger partial charge in [-0.05, 0) is 25.0 Å². The van der Waals surface area contributed by atoms with Crippen molar-refractivity contribution in [3.05, 3.63) is 34.4 Å². The Morgan fingerprint density at radius 2 is 2.05 bits per heavy atom. The second-order valence-electron chi connectivity index (χ2n) is 4.62. The number of carboxylic acid groups (broad SMARTS) is 1. The molecule has 2 rings (SSSR count). The van der Waals surface area contributed by atoms with Crippen LogP contribution in [0.3, 0.4) is 0 Å². The molecule has 1 aromatic rings. The number of nitrogens with zero attached hydrogens (tertiary/aromatic N) is 2. The van der Waals surface area contributed by atoms with Crippen LogP contribution in [0.15, 0.2) is 29.2 Å². The Hall–Kier alpha value is -2.09. The highest BCUT2D eigenvalue weighted by atomic mass is 32.2. The van der Waals surface area contributed by atoms with Crippen molar-refractivity contribution in [3.63, 3.8) is 0 Å². The summed E-state index contributed by atoms with van der Waals surface area (Å²) >= 11 is 1.24. The number of carbonyl (C=O) groups is 2. The van der Waals surface area contributed by atoms with E-state index in [1.807, 2.05) is 0 Å². The number of aliphatic carboxylic acids is 1. The van der Waals surface area contributed by atoms with Crippen LogP contribution in [-0.2, 0) is 9.59 Å². The zero-order valence-electron chi connectivity index (χ0n) is 11.1. The van der Waals surface area contributed by atoms with Gasteiger partial charge in [-0.15, -0.1) is 11.8 Å². The average molecular weight is 310 g/mol. The minimum Gasteiger partial charge on any atom is -0.480 e. The zero-order valence-corrected chi connectivity index (χ0v) is 11.9. The Morgan fingerprint density at radius 3 is 2.62 bits per heavy atom. The predicted molar refractivity (Wildman–Crippen MR) is 76.2 cm³/mol. The van der Waals surface area contributed by atoms with E-state index in [1.165, 1.54) is 28.8 Å². The molecule has 112 valence electrons. The minimum atomic E-state index is -0.971. The Labute approximate surface area is 125 Å². The van der Waals surface area contributed by atoms with Gasteiger partial charge in [0, 0.05) is 23.6 Å². The van der Waals surface area contributed by atoms with Crippen molar-refractivity contribution in [1.29, 1.82) is 0 Å². The van der Waals surface area contributed by atoms with Crippen LogP contribution < -0.4 is 0 Å². The summed E-state index contributed by atoms with van der Waals surface area (Å²) in [4.78, 5) is 35.2. The molecule has 1 N–H and O–H groups in total.